The summed E-state index contributed by atoms with van der Waals surface area (Å²) < 4.78 is 0. The Labute approximate surface area is 196 Å². The number of anilines is 2. The number of fused-ring (bicyclic) bond motifs is 1. The van der Waals surface area contributed by atoms with Gasteiger partial charge in [-0.3, -0.25) is 0 Å². The molecule has 2 heteroatoms. The van der Waals surface area contributed by atoms with E-state index in [0.717, 1.165) is 53.8 Å². The fourth-order valence-corrected chi connectivity index (χ4v) is 9.94. The normalized spacial score (nSPS) is 39.1. The lowest BCUT2D eigenvalue weighted by Gasteiger charge is -2.90. The monoisotopic (exact) mass is 430 g/mol. The first-order chi connectivity index (χ1) is 16.2. The molecular formula is C31H30N2. The highest BCUT2D eigenvalue weighted by atomic mass is 15.4. The van der Waals surface area contributed by atoms with E-state index >= 15 is 0 Å². The summed E-state index contributed by atoms with van der Waals surface area (Å²) in [6.45, 7) is 2.30. The van der Waals surface area contributed by atoms with Gasteiger partial charge in [0, 0.05) is 25.2 Å². The Morgan fingerprint density at radius 2 is 0.939 bits per heavy atom. The van der Waals surface area contributed by atoms with E-state index in [1.165, 1.54) is 33.6 Å². The predicted molar refractivity (Wildman–Crippen MR) is 135 cm³/mol. The molecule has 0 N–H and O–H groups in total. The molecule has 6 bridgehead atoms. The molecular weight excluding hydrogens is 400 g/mol. The highest BCUT2D eigenvalue weighted by Gasteiger charge is 2.86. The number of hydrogen-bond donors (Lipinski definition) is 0. The molecule has 164 valence electrons. The largest absolute Gasteiger partial charge is 0.352 e. The van der Waals surface area contributed by atoms with Gasteiger partial charge in [0.2, 0.25) is 0 Å². The van der Waals surface area contributed by atoms with E-state index in [0.29, 0.717) is 6.17 Å². The van der Waals surface area contributed by atoms with Crippen LogP contribution in [0.2, 0.25) is 0 Å². The molecule has 4 unspecified atom stereocenters. The summed E-state index contributed by atoms with van der Waals surface area (Å²) in [7, 11) is 4.56. The van der Waals surface area contributed by atoms with Crippen molar-refractivity contribution in [3.8, 4) is 22.3 Å². The minimum absolute atomic E-state index is 0.401. The molecule has 2 nitrogen and oxygen atoms in total. The second kappa shape index (κ2) is 5.49. The maximum atomic E-state index is 2.51. The van der Waals surface area contributed by atoms with Gasteiger partial charge in [-0.15, -0.1) is 0 Å². The lowest BCUT2D eigenvalue weighted by molar-refractivity contribution is -0.398. The van der Waals surface area contributed by atoms with Crippen molar-refractivity contribution in [2.24, 2.45) is 35.5 Å². The first kappa shape index (κ1) is 17.7. The second-order valence-electron chi connectivity index (χ2n) is 11.7. The number of rotatable bonds is 1. The van der Waals surface area contributed by atoms with Crippen molar-refractivity contribution in [3.63, 3.8) is 0 Å². The fraction of sp³-hybridized carbons (Fsp3) is 0.419. The summed E-state index contributed by atoms with van der Waals surface area (Å²) in [4.78, 5) is 5.01. The number of nitrogens with zero attached hydrogens (tertiary/aromatic N) is 2. The molecule has 13 aliphatic rings. The molecule has 3 aromatic rings. The third-order valence-corrected chi connectivity index (χ3v) is 11.1. The van der Waals surface area contributed by atoms with Gasteiger partial charge in [-0.05, 0) is 76.0 Å². The van der Waals surface area contributed by atoms with Gasteiger partial charge in [-0.2, -0.15) is 0 Å². The van der Waals surface area contributed by atoms with Crippen LogP contribution in [0.3, 0.4) is 0 Å². The second-order valence-corrected chi connectivity index (χ2v) is 11.7. The SMILES string of the molecule is CCC1N(C)c2c3ccc(c2N1C)-c1ccc(cc1)C1C2C4C(c5ccc-3cc5)C3C1C2C43. The molecule has 4 fully saturated rings. The van der Waals surface area contributed by atoms with Crippen LogP contribution in [0, 0.1) is 35.5 Å². The molecule has 0 radical (unpaired) electrons. The fourth-order valence-electron chi connectivity index (χ4n) is 9.94. The third kappa shape index (κ3) is 1.73. The third-order valence-electron chi connectivity index (χ3n) is 11.1. The summed E-state index contributed by atoms with van der Waals surface area (Å²) in [5.74, 6) is 7.65. The highest BCUT2D eigenvalue weighted by molar-refractivity contribution is 5.99. The maximum Gasteiger partial charge on any atom is 0.101 e. The molecule has 1 heterocycles. The first-order valence-electron chi connectivity index (χ1n) is 13.0. The smallest absolute Gasteiger partial charge is 0.101 e. The van der Waals surface area contributed by atoms with Gasteiger partial charge in [-0.25, -0.2) is 0 Å². The van der Waals surface area contributed by atoms with Crippen molar-refractivity contribution in [2.45, 2.75) is 31.3 Å². The quantitative estimate of drug-likeness (QED) is 0.430. The molecule has 33 heavy (non-hydrogen) atoms. The van der Waals surface area contributed by atoms with Crippen molar-refractivity contribution in [3.05, 3.63) is 71.8 Å². The number of hydrogen-bond acceptors (Lipinski definition) is 2. The van der Waals surface area contributed by atoms with Crippen LogP contribution < -0.4 is 9.80 Å². The van der Waals surface area contributed by atoms with Gasteiger partial charge in [0.05, 0.1) is 11.4 Å². The molecule has 0 amide bonds. The van der Waals surface area contributed by atoms with Crippen molar-refractivity contribution in [1.29, 1.82) is 0 Å². The van der Waals surface area contributed by atoms with Crippen molar-refractivity contribution in [2.75, 3.05) is 23.9 Å². The molecule has 12 aliphatic carbocycles. The lowest BCUT2D eigenvalue weighted by atomic mass is 9.13. The zero-order valence-corrected chi connectivity index (χ0v) is 19.6. The molecule has 3 aromatic carbocycles. The summed E-state index contributed by atoms with van der Waals surface area (Å²) in [6.07, 6.45) is 1.51. The zero-order chi connectivity index (χ0) is 21.7. The van der Waals surface area contributed by atoms with E-state index in [-0.39, 0.29) is 0 Å². The molecule has 0 aromatic heterocycles. The van der Waals surface area contributed by atoms with Gasteiger partial charge in [0.25, 0.3) is 0 Å². The van der Waals surface area contributed by atoms with E-state index in [1.54, 1.807) is 11.1 Å². The van der Waals surface area contributed by atoms with Gasteiger partial charge < -0.3 is 9.80 Å². The Morgan fingerprint density at radius 3 is 1.30 bits per heavy atom. The molecule has 1 aliphatic heterocycles. The molecule has 0 saturated heterocycles. The van der Waals surface area contributed by atoms with E-state index < -0.39 is 0 Å². The zero-order valence-electron chi connectivity index (χ0n) is 19.6. The van der Waals surface area contributed by atoms with Crippen LogP contribution >= 0.6 is 0 Å². The maximum absolute atomic E-state index is 2.51. The Bertz CT molecular complexity index is 1220. The summed E-state index contributed by atoms with van der Waals surface area (Å²) in [5.41, 5.74) is 11.5. The average Bonchev–Trinajstić information content (AvgIpc) is 3.11. The predicted octanol–water partition coefficient (Wildman–Crippen LogP) is 6.58. The van der Waals surface area contributed by atoms with Gasteiger partial charge >= 0.3 is 0 Å². The van der Waals surface area contributed by atoms with Gasteiger partial charge in [0.1, 0.15) is 6.17 Å². The minimum atomic E-state index is 0.401. The van der Waals surface area contributed by atoms with E-state index in [4.69, 9.17) is 0 Å². The Hall–Kier alpha value is -2.74. The van der Waals surface area contributed by atoms with E-state index in [2.05, 4.69) is 91.5 Å². The average molecular weight is 431 g/mol. The van der Waals surface area contributed by atoms with E-state index in [1.807, 2.05) is 0 Å². The van der Waals surface area contributed by atoms with Crippen LogP contribution in [0.5, 0.6) is 0 Å². The van der Waals surface area contributed by atoms with Crippen LogP contribution in [-0.4, -0.2) is 20.3 Å². The summed E-state index contributed by atoms with van der Waals surface area (Å²) >= 11 is 0. The lowest BCUT2D eigenvalue weighted by Crippen LogP contribution is -2.85. The van der Waals surface area contributed by atoms with Crippen LogP contribution in [0.15, 0.2) is 60.7 Å². The molecule has 16 rings (SSSR count). The summed E-state index contributed by atoms with van der Waals surface area (Å²) in [6, 6.07) is 24.3. The van der Waals surface area contributed by atoms with Gasteiger partial charge in [-0.1, -0.05) is 67.6 Å². The van der Waals surface area contributed by atoms with Gasteiger partial charge in [0.15, 0.2) is 0 Å². The number of benzene rings is 3. The van der Waals surface area contributed by atoms with Crippen LogP contribution in [0.4, 0.5) is 11.4 Å². The molecule has 0 spiro atoms. The van der Waals surface area contributed by atoms with E-state index in [9.17, 15) is 0 Å². The van der Waals surface area contributed by atoms with Crippen LogP contribution in [0.25, 0.3) is 22.3 Å². The molecule has 4 atom stereocenters. The summed E-state index contributed by atoms with van der Waals surface area (Å²) in [5, 5.41) is 0. The first-order valence-corrected chi connectivity index (χ1v) is 13.0. The Morgan fingerprint density at radius 1 is 0.545 bits per heavy atom. The topological polar surface area (TPSA) is 6.48 Å². The Balaban J connectivity index is 1.30. The van der Waals surface area contributed by atoms with Crippen LogP contribution in [0.1, 0.15) is 36.3 Å². The Kier molecular flexibility index (Phi) is 2.94. The van der Waals surface area contributed by atoms with Crippen molar-refractivity contribution >= 4 is 11.4 Å². The molecule has 4 saturated carbocycles. The highest BCUT2D eigenvalue weighted by Crippen LogP contribution is 2.91. The van der Waals surface area contributed by atoms with Crippen molar-refractivity contribution < 1.29 is 0 Å². The van der Waals surface area contributed by atoms with Crippen LogP contribution in [-0.2, 0) is 0 Å². The minimum Gasteiger partial charge on any atom is -0.352 e. The standard InChI is InChI=1S/C31H30N2/c1-4-21-32(2)30-19-13-14-20(31(30)33(21)3)16-7-11-18(12-8-16)23-26-24-22(17-9-5-15(19)6-10-17)25-27(23)29(26)28(24)25/h5-14,21-29H,4H2,1-3H3. The van der Waals surface area contributed by atoms with Crippen molar-refractivity contribution in [1.82, 2.24) is 0 Å².